The summed E-state index contributed by atoms with van der Waals surface area (Å²) in [6.45, 7) is 0. The number of methoxy groups -OCH3 is 1. The van der Waals surface area contributed by atoms with Gasteiger partial charge in [-0.05, 0) is 30.3 Å². The minimum Gasteiger partial charge on any atom is -0.465 e. The monoisotopic (exact) mass is 391 g/mol. The van der Waals surface area contributed by atoms with E-state index in [0.717, 1.165) is 17.4 Å². The Balaban J connectivity index is 1.92. The van der Waals surface area contributed by atoms with Crippen LogP contribution in [0.25, 0.3) is 10.2 Å². The normalized spacial score (nSPS) is 10.5. The average molecular weight is 392 g/mol. The number of esters is 1. The summed E-state index contributed by atoms with van der Waals surface area (Å²) >= 11 is 6.96. The Labute approximate surface area is 155 Å². The van der Waals surface area contributed by atoms with E-state index in [1.807, 2.05) is 0 Å². The molecule has 0 aliphatic heterocycles. The quantitative estimate of drug-likeness (QED) is 0.410. The van der Waals surface area contributed by atoms with Gasteiger partial charge in [-0.3, -0.25) is 20.2 Å². The molecule has 0 aliphatic carbocycles. The molecule has 0 atom stereocenters. The second kappa shape index (κ2) is 7.06. The molecule has 8 nitrogen and oxygen atoms in total. The predicted octanol–water partition coefficient (Wildman–Crippen LogP) is 3.90. The molecule has 0 aliphatic rings. The standard InChI is InChI=1S/C16H10ClN3O5S/c1-25-15(22)8-2-4-11-13(6-8)26-16(18-11)19-14(21)10-7-9(17)3-5-12(10)20(23)24/h2-7H,1H3,(H,18,19,21). The van der Waals surface area contributed by atoms with Crippen LogP contribution in [0.5, 0.6) is 0 Å². The van der Waals surface area contributed by atoms with E-state index in [1.54, 1.807) is 18.2 Å². The molecule has 1 amide bonds. The molecule has 26 heavy (non-hydrogen) atoms. The minimum atomic E-state index is -0.702. The lowest BCUT2D eigenvalue weighted by atomic mass is 10.1. The summed E-state index contributed by atoms with van der Waals surface area (Å²) in [5.41, 5.74) is 0.392. The lowest BCUT2D eigenvalue weighted by molar-refractivity contribution is -0.385. The van der Waals surface area contributed by atoms with E-state index in [-0.39, 0.29) is 21.4 Å². The second-order valence-electron chi connectivity index (χ2n) is 5.07. The number of aromatic nitrogens is 1. The lowest BCUT2D eigenvalue weighted by Crippen LogP contribution is -2.13. The number of nitrogens with zero attached hydrogens (tertiary/aromatic N) is 2. The van der Waals surface area contributed by atoms with Gasteiger partial charge < -0.3 is 4.74 Å². The van der Waals surface area contributed by atoms with Crippen molar-refractivity contribution in [2.45, 2.75) is 0 Å². The first-order valence-corrected chi connectivity index (χ1v) is 8.32. The number of rotatable bonds is 4. The topological polar surface area (TPSA) is 111 Å². The molecule has 2 aromatic carbocycles. The molecule has 132 valence electrons. The summed E-state index contributed by atoms with van der Waals surface area (Å²) in [6.07, 6.45) is 0. The molecule has 1 aromatic heterocycles. The van der Waals surface area contributed by atoms with Gasteiger partial charge in [0.2, 0.25) is 0 Å². The van der Waals surface area contributed by atoms with Crippen LogP contribution in [0, 0.1) is 10.1 Å². The number of amides is 1. The smallest absolute Gasteiger partial charge is 0.337 e. The number of hydrogen-bond donors (Lipinski definition) is 1. The number of hydrogen-bond acceptors (Lipinski definition) is 7. The number of nitro benzene ring substituents is 1. The number of anilines is 1. The number of halogens is 1. The third-order valence-electron chi connectivity index (χ3n) is 3.43. The van der Waals surface area contributed by atoms with Gasteiger partial charge in [0.1, 0.15) is 5.56 Å². The predicted molar refractivity (Wildman–Crippen MR) is 97.0 cm³/mol. The summed E-state index contributed by atoms with van der Waals surface area (Å²) in [5, 5.41) is 14.0. The van der Waals surface area contributed by atoms with Crippen molar-refractivity contribution >= 4 is 55.8 Å². The molecule has 10 heteroatoms. The third kappa shape index (κ3) is 3.48. The van der Waals surface area contributed by atoms with Crippen molar-refractivity contribution in [2.24, 2.45) is 0 Å². The molecular formula is C16H10ClN3O5S. The van der Waals surface area contributed by atoms with Crippen molar-refractivity contribution in [3.05, 3.63) is 62.7 Å². The fraction of sp³-hybridized carbons (Fsp3) is 0.0625. The SMILES string of the molecule is COC(=O)c1ccc2nc(NC(=O)c3cc(Cl)ccc3[N+](=O)[O-])sc2c1. The van der Waals surface area contributed by atoms with Crippen molar-refractivity contribution in [3.8, 4) is 0 Å². The van der Waals surface area contributed by atoms with Crippen LogP contribution in [0.2, 0.25) is 5.02 Å². The number of fused-ring (bicyclic) bond motifs is 1. The molecule has 0 bridgehead atoms. The molecule has 0 fully saturated rings. The Bertz CT molecular complexity index is 1050. The Morgan fingerprint density at radius 1 is 1.27 bits per heavy atom. The number of carbonyl (C=O) groups is 2. The first-order chi connectivity index (χ1) is 12.4. The van der Waals surface area contributed by atoms with Gasteiger partial charge in [0.25, 0.3) is 11.6 Å². The maximum absolute atomic E-state index is 12.4. The Kier molecular flexibility index (Phi) is 4.83. The van der Waals surface area contributed by atoms with Gasteiger partial charge in [-0.25, -0.2) is 9.78 Å². The Morgan fingerprint density at radius 2 is 2.04 bits per heavy atom. The largest absolute Gasteiger partial charge is 0.465 e. The zero-order valence-corrected chi connectivity index (χ0v) is 14.8. The molecule has 3 rings (SSSR count). The number of nitrogens with one attached hydrogen (secondary N) is 1. The zero-order valence-electron chi connectivity index (χ0n) is 13.2. The van der Waals surface area contributed by atoms with E-state index < -0.39 is 16.8 Å². The van der Waals surface area contributed by atoms with E-state index in [9.17, 15) is 19.7 Å². The van der Waals surface area contributed by atoms with Crippen molar-refractivity contribution < 1.29 is 19.2 Å². The molecule has 0 saturated heterocycles. The maximum atomic E-state index is 12.4. The molecule has 1 heterocycles. The van der Waals surface area contributed by atoms with Gasteiger partial charge in [-0.1, -0.05) is 22.9 Å². The second-order valence-corrected chi connectivity index (χ2v) is 6.53. The highest BCUT2D eigenvalue weighted by Crippen LogP contribution is 2.29. The lowest BCUT2D eigenvalue weighted by Gasteiger charge is -2.03. The first kappa shape index (κ1) is 17.8. The van der Waals surface area contributed by atoms with Gasteiger partial charge in [-0.2, -0.15) is 0 Å². The van der Waals surface area contributed by atoms with E-state index >= 15 is 0 Å². The van der Waals surface area contributed by atoms with E-state index in [0.29, 0.717) is 15.8 Å². The molecule has 0 radical (unpaired) electrons. The molecule has 0 spiro atoms. The van der Waals surface area contributed by atoms with Gasteiger partial charge in [0.05, 0.1) is 27.8 Å². The van der Waals surface area contributed by atoms with Crippen molar-refractivity contribution in [1.82, 2.24) is 4.98 Å². The van der Waals surface area contributed by atoms with Crippen LogP contribution in [0.15, 0.2) is 36.4 Å². The highest BCUT2D eigenvalue weighted by Gasteiger charge is 2.21. The number of ether oxygens (including phenoxy) is 1. The third-order valence-corrected chi connectivity index (χ3v) is 4.60. The van der Waals surface area contributed by atoms with Crippen LogP contribution in [-0.2, 0) is 4.74 Å². The van der Waals surface area contributed by atoms with Crippen LogP contribution < -0.4 is 5.32 Å². The fourth-order valence-corrected chi connectivity index (χ4v) is 3.31. The van der Waals surface area contributed by atoms with E-state index in [1.165, 1.54) is 19.2 Å². The number of carbonyl (C=O) groups excluding carboxylic acids is 2. The summed E-state index contributed by atoms with van der Waals surface area (Å²) < 4.78 is 5.32. The van der Waals surface area contributed by atoms with Crippen LogP contribution in [0.1, 0.15) is 20.7 Å². The number of nitro groups is 1. The first-order valence-electron chi connectivity index (χ1n) is 7.13. The zero-order chi connectivity index (χ0) is 18.8. The highest BCUT2D eigenvalue weighted by atomic mass is 35.5. The van der Waals surface area contributed by atoms with Crippen molar-refractivity contribution in [3.63, 3.8) is 0 Å². The maximum Gasteiger partial charge on any atom is 0.337 e. The number of thiazole rings is 1. The van der Waals surface area contributed by atoms with Gasteiger partial charge >= 0.3 is 5.97 Å². The number of benzene rings is 2. The molecule has 3 aromatic rings. The van der Waals surface area contributed by atoms with Gasteiger partial charge in [0, 0.05) is 11.1 Å². The van der Waals surface area contributed by atoms with Gasteiger partial charge in [0.15, 0.2) is 5.13 Å². The highest BCUT2D eigenvalue weighted by molar-refractivity contribution is 7.22. The summed E-state index contributed by atoms with van der Waals surface area (Å²) in [7, 11) is 1.28. The Morgan fingerprint density at radius 3 is 2.73 bits per heavy atom. The van der Waals surface area contributed by atoms with E-state index in [2.05, 4.69) is 15.0 Å². The summed E-state index contributed by atoms with van der Waals surface area (Å²) in [4.78, 5) is 38.6. The van der Waals surface area contributed by atoms with Crippen molar-refractivity contribution in [2.75, 3.05) is 12.4 Å². The van der Waals surface area contributed by atoms with Crippen LogP contribution in [-0.4, -0.2) is 28.9 Å². The molecular weight excluding hydrogens is 382 g/mol. The van der Waals surface area contributed by atoms with Crippen molar-refractivity contribution in [1.29, 1.82) is 0 Å². The Hall–Kier alpha value is -3.04. The molecule has 0 unspecified atom stereocenters. The minimum absolute atomic E-state index is 0.169. The van der Waals surface area contributed by atoms with Crippen LogP contribution in [0.4, 0.5) is 10.8 Å². The molecule has 0 saturated carbocycles. The van der Waals surface area contributed by atoms with Gasteiger partial charge in [-0.15, -0.1) is 0 Å². The van der Waals surface area contributed by atoms with Crippen LogP contribution in [0.3, 0.4) is 0 Å². The van der Waals surface area contributed by atoms with E-state index in [4.69, 9.17) is 11.6 Å². The van der Waals surface area contributed by atoms with Crippen LogP contribution >= 0.6 is 22.9 Å². The summed E-state index contributed by atoms with van der Waals surface area (Å²) in [6, 6.07) is 8.49. The molecule has 1 N–H and O–H groups in total. The summed E-state index contributed by atoms with van der Waals surface area (Å²) in [5.74, 6) is -1.19. The fourth-order valence-electron chi connectivity index (χ4n) is 2.24. The average Bonchev–Trinajstić information content (AvgIpc) is 3.01.